The highest BCUT2D eigenvalue weighted by atomic mass is 19.4. The minimum atomic E-state index is -4.58. The second kappa shape index (κ2) is 10.3. The van der Waals surface area contributed by atoms with Gasteiger partial charge < -0.3 is 19.6 Å². The van der Waals surface area contributed by atoms with E-state index < -0.39 is 23.4 Å². The van der Waals surface area contributed by atoms with Crippen LogP contribution in [-0.4, -0.2) is 63.8 Å². The second-order valence-corrected chi connectivity index (χ2v) is 11.2. The molecule has 0 bridgehead atoms. The van der Waals surface area contributed by atoms with Gasteiger partial charge in [0.15, 0.2) is 5.82 Å². The summed E-state index contributed by atoms with van der Waals surface area (Å²) in [6.45, 7) is 3.32. The van der Waals surface area contributed by atoms with E-state index in [1.807, 2.05) is 17.9 Å². The number of amides is 2. The third-order valence-electron chi connectivity index (χ3n) is 8.15. The number of nitrogens with zero attached hydrogens (tertiary/aromatic N) is 5. The average Bonchev–Trinajstić information content (AvgIpc) is 3.31. The number of ether oxygens (including phenoxy) is 1. The lowest BCUT2D eigenvalue weighted by molar-refractivity contribution is -0.186. The predicted molar refractivity (Wildman–Crippen MR) is 143 cm³/mol. The van der Waals surface area contributed by atoms with Gasteiger partial charge in [0.2, 0.25) is 0 Å². The van der Waals surface area contributed by atoms with E-state index >= 15 is 0 Å². The largest absolute Gasteiger partial charge is 0.416 e. The summed E-state index contributed by atoms with van der Waals surface area (Å²) < 4.78 is 62.8. The number of carbonyl (C=O) groups is 1. The van der Waals surface area contributed by atoms with Crippen LogP contribution >= 0.6 is 0 Å². The van der Waals surface area contributed by atoms with Crippen LogP contribution in [0.25, 0.3) is 0 Å². The van der Waals surface area contributed by atoms with Crippen LogP contribution in [0.15, 0.2) is 48.7 Å². The molecule has 2 aromatic carbocycles. The number of rotatable bonds is 6. The fraction of sp³-hybridized carbons (Fsp3) is 0.448. The number of aliphatic hydroxyl groups is 1. The van der Waals surface area contributed by atoms with Crippen molar-refractivity contribution in [2.45, 2.75) is 57.2 Å². The normalized spacial score (nSPS) is 19.4. The van der Waals surface area contributed by atoms with Crippen LogP contribution in [0.4, 0.5) is 33.9 Å². The molecule has 8 nitrogen and oxygen atoms in total. The zero-order valence-corrected chi connectivity index (χ0v) is 22.6. The van der Waals surface area contributed by atoms with Gasteiger partial charge in [0, 0.05) is 30.9 Å². The Labute approximate surface area is 234 Å². The van der Waals surface area contributed by atoms with E-state index in [0.717, 1.165) is 11.6 Å². The van der Waals surface area contributed by atoms with Crippen molar-refractivity contribution in [3.05, 3.63) is 76.7 Å². The Bertz CT molecular complexity index is 1430. The molecule has 6 rings (SSSR count). The van der Waals surface area contributed by atoms with Gasteiger partial charge in [0.05, 0.1) is 44.1 Å². The van der Waals surface area contributed by atoms with Gasteiger partial charge >= 0.3 is 12.2 Å². The van der Waals surface area contributed by atoms with Crippen LogP contribution in [0.2, 0.25) is 0 Å². The summed E-state index contributed by atoms with van der Waals surface area (Å²) in [7, 11) is 0. The van der Waals surface area contributed by atoms with Crippen LogP contribution in [0, 0.1) is 12.7 Å². The van der Waals surface area contributed by atoms with Gasteiger partial charge in [-0.15, -0.1) is 0 Å². The van der Waals surface area contributed by atoms with Crippen molar-refractivity contribution in [2.75, 3.05) is 36.1 Å². The molecule has 3 aromatic rings. The first-order valence-electron chi connectivity index (χ1n) is 13.6. The number of para-hydroxylation sites is 1. The molecule has 0 unspecified atom stereocenters. The summed E-state index contributed by atoms with van der Waals surface area (Å²) in [4.78, 5) is 18.9. The van der Waals surface area contributed by atoms with Gasteiger partial charge in [-0.2, -0.15) is 18.3 Å². The van der Waals surface area contributed by atoms with Gasteiger partial charge in [-0.1, -0.05) is 30.3 Å². The number of benzene rings is 2. The Kier molecular flexibility index (Phi) is 6.93. The molecule has 2 fully saturated rings. The lowest BCUT2D eigenvalue weighted by Crippen LogP contribution is -2.54. The lowest BCUT2D eigenvalue weighted by atomic mass is 10.00. The number of anilines is 2. The molecule has 1 N–H and O–H groups in total. The van der Waals surface area contributed by atoms with Crippen LogP contribution in [-0.2, 0) is 30.5 Å². The summed E-state index contributed by atoms with van der Waals surface area (Å²) in [5, 5.41) is 15.1. The number of carbonyl (C=O) groups excluding carboxylic acids is 1. The van der Waals surface area contributed by atoms with Crippen molar-refractivity contribution in [2.24, 2.45) is 0 Å². The number of aromatic nitrogens is 2. The zero-order valence-electron chi connectivity index (χ0n) is 22.6. The minimum Gasteiger partial charge on any atom is -0.383 e. The van der Waals surface area contributed by atoms with E-state index in [-0.39, 0.29) is 56.1 Å². The van der Waals surface area contributed by atoms with Gasteiger partial charge in [-0.3, -0.25) is 9.58 Å². The Balaban J connectivity index is 1.28. The van der Waals surface area contributed by atoms with Crippen molar-refractivity contribution in [1.29, 1.82) is 0 Å². The lowest BCUT2D eigenvalue weighted by Gasteiger charge is -2.43. The van der Waals surface area contributed by atoms with Crippen LogP contribution in [0.5, 0.6) is 0 Å². The monoisotopic (exact) mass is 573 g/mol. The number of alkyl halides is 3. The predicted octanol–water partition coefficient (Wildman–Crippen LogP) is 4.72. The number of urea groups is 1. The summed E-state index contributed by atoms with van der Waals surface area (Å²) >= 11 is 0. The standard InChI is InChI=1S/C29H31F4N5O3/c1-19-5-4-8-24(30)25(19)35-11-9-22(10-12-35)37-15-21-13-36(16-28(40)17-41-18-28)34-26(21)38(27(37)39)14-20-6-2-3-7-23(20)29(31,32)33/h2-8,13,22,40H,9-12,14-18H2,1H3. The van der Waals surface area contributed by atoms with Gasteiger partial charge in [0.1, 0.15) is 11.4 Å². The zero-order chi connectivity index (χ0) is 28.9. The summed E-state index contributed by atoms with van der Waals surface area (Å²) in [6, 6.07) is 9.58. The maximum Gasteiger partial charge on any atom is 0.416 e. The van der Waals surface area contributed by atoms with Crippen LogP contribution < -0.4 is 9.80 Å². The first kappa shape index (κ1) is 27.5. The Morgan fingerprint density at radius 2 is 1.83 bits per heavy atom. The average molecular weight is 574 g/mol. The Morgan fingerprint density at radius 3 is 2.49 bits per heavy atom. The van der Waals surface area contributed by atoms with Crippen molar-refractivity contribution in [1.82, 2.24) is 14.7 Å². The molecule has 3 aliphatic rings. The SMILES string of the molecule is Cc1cccc(F)c1N1CCC(N2Cc3cn(CC4(O)COC4)nc3N(Cc3ccccc3C(F)(F)F)C2=O)CC1. The van der Waals surface area contributed by atoms with Gasteiger partial charge in [0.25, 0.3) is 0 Å². The van der Waals surface area contributed by atoms with E-state index in [4.69, 9.17) is 4.74 Å². The molecule has 0 saturated carbocycles. The molecule has 4 heterocycles. The topological polar surface area (TPSA) is 74.1 Å². The number of fused-ring (bicyclic) bond motifs is 1. The minimum absolute atomic E-state index is 0.0356. The molecule has 0 spiro atoms. The first-order valence-corrected chi connectivity index (χ1v) is 13.6. The quantitative estimate of drug-likeness (QED) is 0.432. The fourth-order valence-electron chi connectivity index (χ4n) is 6.06. The van der Waals surface area contributed by atoms with E-state index in [9.17, 15) is 27.5 Å². The third kappa shape index (κ3) is 5.26. The number of hydrogen-bond donors (Lipinski definition) is 1. The highest BCUT2D eigenvalue weighted by Crippen LogP contribution is 2.37. The molecular weight excluding hydrogens is 542 g/mol. The molecule has 218 valence electrons. The van der Waals surface area contributed by atoms with E-state index in [1.165, 1.54) is 33.8 Å². The van der Waals surface area contributed by atoms with Gasteiger partial charge in [-0.05, 0) is 43.0 Å². The van der Waals surface area contributed by atoms with Crippen molar-refractivity contribution >= 4 is 17.5 Å². The van der Waals surface area contributed by atoms with Crippen molar-refractivity contribution in [3.8, 4) is 0 Å². The summed E-state index contributed by atoms with van der Waals surface area (Å²) in [6.07, 6.45) is -1.69. The number of piperidine rings is 1. The van der Waals surface area contributed by atoms with E-state index in [1.54, 1.807) is 17.2 Å². The molecule has 0 atom stereocenters. The number of aryl methyl sites for hydroxylation is 1. The number of halogens is 4. The molecule has 2 saturated heterocycles. The smallest absolute Gasteiger partial charge is 0.383 e. The number of hydrogen-bond acceptors (Lipinski definition) is 5. The maximum atomic E-state index is 14.6. The Morgan fingerprint density at radius 1 is 1.10 bits per heavy atom. The first-order chi connectivity index (χ1) is 19.5. The highest BCUT2D eigenvalue weighted by molar-refractivity contribution is 5.94. The second-order valence-electron chi connectivity index (χ2n) is 11.2. The maximum absolute atomic E-state index is 14.6. The Hall–Kier alpha value is -3.64. The molecule has 12 heteroatoms. The van der Waals surface area contributed by atoms with Gasteiger partial charge in [-0.25, -0.2) is 9.18 Å². The molecule has 0 aliphatic carbocycles. The molecular formula is C29H31F4N5O3. The molecule has 2 amide bonds. The van der Waals surface area contributed by atoms with E-state index in [0.29, 0.717) is 37.2 Å². The molecule has 3 aliphatic heterocycles. The van der Waals surface area contributed by atoms with Crippen LogP contribution in [0.3, 0.4) is 0 Å². The van der Waals surface area contributed by atoms with Crippen molar-refractivity contribution < 1.29 is 32.2 Å². The van der Waals surface area contributed by atoms with Crippen molar-refractivity contribution in [3.63, 3.8) is 0 Å². The summed E-state index contributed by atoms with van der Waals surface area (Å²) in [5.74, 6) is -0.00550. The molecule has 0 radical (unpaired) electrons. The molecule has 41 heavy (non-hydrogen) atoms. The third-order valence-corrected chi connectivity index (χ3v) is 8.15. The van der Waals surface area contributed by atoms with Crippen LogP contribution in [0.1, 0.15) is 35.1 Å². The fourth-order valence-corrected chi connectivity index (χ4v) is 6.06. The van der Waals surface area contributed by atoms with E-state index in [2.05, 4.69) is 5.10 Å². The summed E-state index contributed by atoms with van der Waals surface area (Å²) in [5.41, 5.74) is 0.159. The molecule has 1 aromatic heterocycles. The highest BCUT2D eigenvalue weighted by Gasteiger charge is 2.42.